The van der Waals surface area contributed by atoms with Gasteiger partial charge in [0.05, 0.1) is 6.04 Å². The summed E-state index contributed by atoms with van der Waals surface area (Å²) in [6.07, 6.45) is 8.25. The Balaban J connectivity index is 1.47. The van der Waals surface area contributed by atoms with Crippen molar-refractivity contribution in [2.45, 2.75) is 95.3 Å². The van der Waals surface area contributed by atoms with E-state index in [4.69, 9.17) is 0 Å². The zero-order chi connectivity index (χ0) is 21.1. The number of aryl methyl sites for hydroxylation is 1. The number of hydrogen-bond acceptors (Lipinski definition) is 3. The van der Waals surface area contributed by atoms with Crippen LogP contribution in [0, 0.1) is 0 Å². The number of hydrogen-bond donors (Lipinski definition) is 2. The zero-order valence-electron chi connectivity index (χ0n) is 17.9. The molecule has 2 saturated heterocycles. The van der Waals surface area contributed by atoms with Crippen molar-refractivity contribution >= 4 is 17.7 Å². The topological polar surface area (TPSA) is 78.5 Å². The standard InChI is InChI=1S/C24H33N3O3/c1-2-7-22(28)25-20-13-6-10-17-14-15-21(27(17)24(20)30)23(29)26-19-12-5-9-16-8-3-4-11-18(16)19/h3-4,8,11,17,19-21H,2,5-7,9-10,12-15H2,1H3,(H,25,28)(H,26,29). The summed E-state index contributed by atoms with van der Waals surface area (Å²) in [4.78, 5) is 40.5. The summed E-state index contributed by atoms with van der Waals surface area (Å²) in [6.45, 7) is 1.95. The van der Waals surface area contributed by atoms with Gasteiger partial charge in [-0.1, -0.05) is 31.2 Å². The molecule has 2 fully saturated rings. The van der Waals surface area contributed by atoms with Crippen LogP contribution in [0.4, 0.5) is 0 Å². The quantitative estimate of drug-likeness (QED) is 0.782. The molecule has 0 saturated carbocycles. The molecule has 1 aliphatic carbocycles. The van der Waals surface area contributed by atoms with Crippen LogP contribution in [0.3, 0.4) is 0 Å². The van der Waals surface area contributed by atoms with Crippen LogP contribution >= 0.6 is 0 Å². The third kappa shape index (κ3) is 4.23. The molecule has 4 atom stereocenters. The first-order chi connectivity index (χ1) is 14.6. The van der Waals surface area contributed by atoms with Crippen molar-refractivity contribution in [1.29, 1.82) is 0 Å². The van der Waals surface area contributed by atoms with Gasteiger partial charge in [0.1, 0.15) is 12.1 Å². The van der Waals surface area contributed by atoms with Crippen molar-refractivity contribution in [1.82, 2.24) is 15.5 Å². The fourth-order valence-electron chi connectivity index (χ4n) is 5.42. The number of nitrogens with one attached hydrogen (secondary N) is 2. The first kappa shape index (κ1) is 20.9. The molecule has 0 radical (unpaired) electrons. The summed E-state index contributed by atoms with van der Waals surface area (Å²) in [5.74, 6) is -0.204. The fraction of sp³-hybridized carbons (Fsp3) is 0.625. The number of fused-ring (bicyclic) bond motifs is 2. The summed E-state index contributed by atoms with van der Waals surface area (Å²) in [7, 11) is 0. The van der Waals surface area contributed by atoms with E-state index in [0.717, 1.165) is 44.9 Å². The summed E-state index contributed by atoms with van der Waals surface area (Å²) < 4.78 is 0. The van der Waals surface area contributed by atoms with E-state index >= 15 is 0 Å². The van der Waals surface area contributed by atoms with Crippen LogP contribution in [0.2, 0.25) is 0 Å². The predicted octanol–water partition coefficient (Wildman–Crippen LogP) is 3.01. The zero-order valence-corrected chi connectivity index (χ0v) is 17.9. The highest BCUT2D eigenvalue weighted by molar-refractivity contribution is 5.93. The molecule has 0 aromatic heterocycles. The second-order valence-electron chi connectivity index (χ2n) is 8.95. The number of amides is 3. The molecule has 0 spiro atoms. The van der Waals surface area contributed by atoms with Gasteiger partial charge in [0.25, 0.3) is 0 Å². The normalized spacial score (nSPS) is 28.3. The number of carbonyl (C=O) groups is 3. The molecule has 2 heterocycles. The minimum atomic E-state index is -0.502. The van der Waals surface area contributed by atoms with E-state index in [2.05, 4.69) is 22.8 Å². The smallest absolute Gasteiger partial charge is 0.246 e. The third-order valence-corrected chi connectivity index (χ3v) is 6.89. The van der Waals surface area contributed by atoms with Gasteiger partial charge in [0.2, 0.25) is 17.7 Å². The summed E-state index contributed by atoms with van der Waals surface area (Å²) in [6, 6.07) is 7.51. The molecular weight excluding hydrogens is 378 g/mol. The first-order valence-electron chi connectivity index (χ1n) is 11.6. The van der Waals surface area contributed by atoms with Crippen molar-refractivity contribution in [3.05, 3.63) is 35.4 Å². The summed E-state index contributed by atoms with van der Waals surface area (Å²) in [5, 5.41) is 6.16. The predicted molar refractivity (Wildman–Crippen MR) is 115 cm³/mol. The highest BCUT2D eigenvalue weighted by Crippen LogP contribution is 2.34. The van der Waals surface area contributed by atoms with E-state index in [1.165, 1.54) is 11.1 Å². The summed E-state index contributed by atoms with van der Waals surface area (Å²) >= 11 is 0. The second-order valence-corrected chi connectivity index (χ2v) is 8.95. The Labute approximate surface area is 178 Å². The van der Waals surface area contributed by atoms with Gasteiger partial charge in [-0.2, -0.15) is 0 Å². The Morgan fingerprint density at radius 1 is 1.00 bits per heavy atom. The molecule has 3 aliphatic rings. The van der Waals surface area contributed by atoms with Crippen molar-refractivity contribution in [3.63, 3.8) is 0 Å². The lowest BCUT2D eigenvalue weighted by Gasteiger charge is -2.33. The largest absolute Gasteiger partial charge is 0.347 e. The molecule has 2 aliphatic heterocycles. The summed E-state index contributed by atoms with van der Waals surface area (Å²) in [5.41, 5.74) is 2.52. The van der Waals surface area contributed by atoms with Gasteiger partial charge in [-0.15, -0.1) is 0 Å². The van der Waals surface area contributed by atoms with Crippen LogP contribution < -0.4 is 10.6 Å². The molecule has 2 N–H and O–H groups in total. The lowest BCUT2D eigenvalue weighted by molar-refractivity contribution is -0.143. The second kappa shape index (κ2) is 9.19. The first-order valence-corrected chi connectivity index (χ1v) is 11.6. The van der Waals surface area contributed by atoms with Crippen LogP contribution in [-0.2, 0) is 20.8 Å². The maximum absolute atomic E-state index is 13.3. The highest BCUT2D eigenvalue weighted by atomic mass is 16.2. The Hall–Kier alpha value is -2.37. The van der Waals surface area contributed by atoms with Gasteiger partial charge in [0.15, 0.2) is 0 Å². The minimum Gasteiger partial charge on any atom is -0.347 e. The number of benzene rings is 1. The fourth-order valence-corrected chi connectivity index (χ4v) is 5.42. The molecule has 1 aromatic carbocycles. The van der Waals surface area contributed by atoms with E-state index in [1.807, 2.05) is 19.1 Å². The third-order valence-electron chi connectivity index (χ3n) is 6.89. The molecule has 162 valence electrons. The van der Waals surface area contributed by atoms with Crippen LogP contribution in [0.1, 0.15) is 81.9 Å². The molecule has 4 unspecified atom stereocenters. The molecule has 0 bridgehead atoms. The Morgan fingerprint density at radius 2 is 1.80 bits per heavy atom. The lowest BCUT2D eigenvalue weighted by atomic mass is 9.87. The molecule has 3 amide bonds. The monoisotopic (exact) mass is 411 g/mol. The van der Waals surface area contributed by atoms with Crippen LogP contribution in [0.25, 0.3) is 0 Å². The van der Waals surface area contributed by atoms with Crippen molar-refractivity contribution in [2.75, 3.05) is 0 Å². The number of carbonyl (C=O) groups excluding carboxylic acids is 3. The van der Waals surface area contributed by atoms with Crippen LogP contribution in [0.15, 0.2) is 24.3 Å². The van der Waals surface area contributed by atoms with Gasteiger partial charge in [-0.25, -0.2) is 0 Å². The SMILES string of the molecule is CCCC(=O)NC1CCCC2CCC(C(=O)NC3CCCc4ccccc43)N2C1=O. The van der Waals surface area contributed by atoms with Crippen LogP contribution in [-0.4, -0.2) is 40.7 Å². The Morgan fingerprint density at radius 3 is 2.63 bits per heavy atom. The van der Waals surface area contributed by atoms with Gasteiger partial charge >= 0.3 is 0 Å². The van der Waals surface area contributed by atoms with E-state index < -0.39 is 12.1 Å². The Bertz CT molecular complexity index is 809. The molecule has 4 rings (SSSR count). The molecule has 30 heavy (non-hydrogen) atoms. The van der Waals surface area contributed by atoms with Crippen molar-refractivity contribution in [2.24, 2.45) is 0 Å². The van der Waals surface area contributed by atoms with Crippen LogP contribution in [0.5, 0.6) is 0 Å². The molecule has 1 aromatic rings. The molecule has 6 nitrogen and oxygen atoms in total. The van der Waals surface area contributed by atoms with Gasteiger partial charge in [0, 0.05) is 12.5 Å². The van der Waals surface area contributed by atoms with Crippen molar-refractivity contribution < 1.29 is 14.4 Å². The van der Waals surface area contributed by atoms with Crippen molar-refractivity contribution in [3.8, 4) is 0 Å². The molecule has 6 heteroatoms. The maximum Gasteiger partial charge on any atom is 0.246 e. The number of nitrogens with zero attached hydrogens (tertiary/aromatic N) is 1. The lowest BCUT2D eigenvalue weighted by Crippen LogP contribution is -2.54. The highest BCUT2D eigenvalue weighted by Gasteiger charge is 2.45. The van der Waals surface area contributed by atoms with E-state index in [1.54, 1.807) is 4.90 Å². The average molecular weight is 412 g/mol. The average Bonchev–Trinajstić information content (AvgIpc) is 3.10. The van der Waals surface area contributed by atoms with Gasteiger partial charge < -0.3 is 15.5 Å². The minimum absolute atomic E-state index is 0.0173. The number of rotatable bonds is 5. The maximum atomic E-state index is 13.3. The Kier molecular flexibility index (Phi) is 6.40. The molecular formula is C24H33N3O3. The van der Waals surface area contributed by atoms with E-state index in [9.17, 15) is 14.4 Å². The van der Waals surface area contributed by atoms with E-state index in [-0.39, 0.29) is 29.8 Å². The van der Waals surface area contributed by atoms with Gasteiger partial charge in [-0.05, 0) is 68.9 Å². The van der Waals surface area contributed by atoms with E-state index in [0.29, 0.717) is 19.3 Å². The van der Waals surface area contributed by atoms with Gasteiger partial charge in [-0.3, -0.25) is 14.4 Å².